The van der Waals surface area contributed by atoms with Crippen LogP contribution in [0.3, 0.4) is 0 Å². The van der Waals surface area contributed by atoms with E-state index in [0.717, 1.165) is 0 Å². The number of hydrogen-bond donors (Lipinski definition) is 11. The van der Waals surface area contributed by atoms with Crippen molar-refractivity contribution in [2.75, 3.05) is 74.6 Å². The van der Waals surface area contributed by atoms with Crippen molar-refractivity contribution in [1.82, 2.24) is 25.2 Å². The minimum absolute atomic E-state index is 0.00900. The number of ether oxygens (including phenoxy) is 6. The number of azide groups is 1. The fourth-order valence-electron chi connectivity index (χ4n) is 12.4. The van der Waals surface area contributed by atoms with Crippen LogP contribution in [0.4, 0.5) is 11.5 Å². The number of benzene rings is 4. The van der Waals surface area contributed by atoms with Crippen LogP contribution in [0.2, 0.25) is 0 Å². The van der Waals surface area contributed by atoms with Crippen molar-refractivity contribution in [2.45, 2.75) is 108 Å². The Morgan fingerprint density at radius 3 is 2.32 bits per heavy atom. The molecule has 1 saturated heterocycles. The van der Waals surface area contributed by atoms with Crippen molar-refractivity contribution >= 4 is 128 Å². The van der Waals surface area contributed by atoms with Crippen molar-refractivity contribution in [3.8, 4) is 29.1 Å². The molecular weight excluding hydrogens is 1620 g/mol. The minimum atomic E-state index is -5.82. The molecule has 2 aromatic heterocycles. The number of nitrogens with two attached hydrogens (primary N) is 1. The number of rotatable bonds is 35. The van der Waals surface area contributed by atoms with Gasteiger partial charge < -0.3 is 79.4 Å². The molecule has 12 N–H and O–H groups in total. The predicted molar refractivity (Wildman–Crippen MR) is 412 cm³/mol. The fourth-order valence-corrected chi connectivity index (χ4v) is 18.7. The van der Waals surface area contributed by atoms with Gasteiger partial charge in [0.15, 0.2) is 12.0 Å². The fraction of sp³-hybridized carbons (Fsp3) is 0.397. The summed E-state index contributed by atoms with van der Waals surface area (Å²) in [5, 5.41) is 23.9. The van der Waals surface area contributed by atoms with E-state index >= 15 is 0 Å². The molecule has 606 valence electrons. The number of aromatic nitrogens is 3. The van der Waals surface area contributed by atoms with E-state index in [0.29, 0.717) is 27.6 Å². The minimum Gasteiger partial charge on any atom is -0.491 e. The summed E-state index contributed by atoms with van der Waals surface area (Å²) in [5.41, 5.74) is 16.1. The SMILES string of the molecule is CC1(C)C=C(CS(=O)(=O)O)c2cc3c(cc2=N1)Oc1cc2c(cc1C=3c1cc(C(=O)CCCNC(=O)c3cccc(OCC(N=[N+]=[N-])OCCOCC(=O)NCC#Cc4cn([C@H]5C[C@@H](OCSSC(C)(C)C)[C@@H](COP(=O)(O)OP(=O)(O)OP(=O)(O)O)O5)c5ncnc(N)c45)c3)ccc1C(=O)O)C(CS(=O)(=O)O)=CC(C)(C)N2. The Hall–Kier alpha value is -8.43. The van der Waals surface area contributed by atoms with E-state index in [9.17, 15) is 79.2 Å². The van der Waals surface area contributed by atoms with Crippen molar-refractivity contribution in [3.63, 3.8) is 0 Å². The number of ketones is 1. The Kier molecular flexibility index (Phi) is 27.2. The van der Waals surface area contributed by atoms with Gasteiger partial charge in [0.05, 0.1) is 65.4 Å². The Morgan fingerprint density at radius 2 is 1.62 bits per heavy atom. The first-order chi connectivity index (χ1) is 52.8. The van der Waals surface area contributed by atoms with Crippen LogP contribution >= 0.6 is 45.1 Å². The molecule has 113 heavy (non-hydrogen) atoms. The smallest absolute Gasteiger partial charge is 0.490 e. The molecule has 1 fully saturated rings. The molecule has 6 atom stereocenters. The average molecular weight is 1700 g/mol. The third-order valence-corrected chi connectivity index (χ3v) is 24.7. The molecule has 0 bridgehead atoms. The maximum atomic E-state index is 14.2. The lowest BCUT2D eigenvalue weighted by Crippen LogP contribution is -2.33. The molecule has 10 rings (SSSR count). The summed E-state index contributed by atoms with van der Waals surface area (Å²) in [7, 11) is -23.4. The first-order valence-corrected chi connectivity index (χ1v) is 44.0. The normalized spacial score (nSPS) is 18.2. The van der Waals surface area contributed by atoms with E-state index in [-0.39, 0.29) is 147 Å². The lowest BCUT2D eigenvalue weighted by Gasteiger charge is -2.34. The number of hydrogen-bond acceptors (Lipinski definition) is 28. The number of carboxylic acid groups (broad SMARTS) is 1. The van der Waals surface area contributed by atoms with Crippen LogP contribution in [-0.4, -0.2) is 187 Å². The number of Topliss-reactive ketones (excluding diaryl/α,β-unsaturated/α-hetero) is 1. The van der Waals surface area contributed by atoms with Gasteiger partial charge in [-0.1, -0.05) is 83.6 Å². The molecule has 3 unspecified atom stereocenters. The lowest BCUT2D eigenvalue weighted by molar-refractivity contribution is -0.126. The van der Waals surface area contributed by atoms with Gasteiger partial charge in [-0.3, -0.25) is 33.0 Å². The second kappa shape index (κ2) is 35.3. The number of fused-ring (bicyclic) bond motifs is 5. The van der Waals surface area contributed by atoms with E-state index in [4.69, 9.17) is 53.5 Å². The third-order valence-electron chi connectivity index (χ3n) is 16.6. The highest BCUT2D eigenvalue weighted by Gasteiger charge is 2.45. The zero-order chi connectivity index (χ0) is 82.4. The number of nitrogens with zero attached hydrogens (tertiary/aromatic N) is 7. The van der Waals surface area contributed by atoms with Crippen molar-refractivity contribution < 1.29 is 125 Å². The molecular formula is C68H78N11O27P3S4. The molecule has 0 saturated carbocycles. The first-order valence-electron chi connectivity index (χ1n) is 34.0. The summed E-state index contributed by atoms with van der Waals surface area (Å²) in [6.07, 6.45) is 1.79. The zero-order valence-electron chi connectivity index (χ0n) is 61.1. The standard InChI is InChI=1S/C68H78N11O27P3S4/c1-66(2,3)111-110-37-101-55-27-59(104-56(55)31-102-108(88,89)106-109(90,91)105-107(85,86)87)79-30-40(60-62(69)73-36-74-63(60)79)12-9-17-71-57(81)32-98-19-20-99-58(77-78-70)33-100-43-13-8-11-39(21-43)64(82)72-18-10-14-52(80)38-15-16-44(65(83)84)47(22-38)61-48-23-45-41(34-112(92,93)94)28-67(4,5)75-50(45)25-53(48)103-54-26-51-46(24-49(54)61)42(35-113(95,96)97)29-68(6,7)76-51/h8,11,13,15-16,21-26,28-30,36,55-56,58-59,75H,10,14,17-20,27,31-35,37H2,1-7H3,(H,71,81)(H,72,82)(H,83,84)(H,88,89)(H,90,91)(H2,69,73,74)(H2,85,86,87)(H,92,93,94)(H,95,96,97)/t55-,56-,58?,59-/m1/s1. The number of phosphoric ester groups is 1. The molecule has 4 aliphatic heterocycles. The van der Waals surface area contributed by atoms with Crippen LogP contribution in [0.15, 0.2) is 102 Å². The van der Waals surface area contributed by atoms with Crippen LogP contribution in [-0.2, 0) is 70.8 Å². The number of carbonyl (C=O) groups is 4. The maximum absolute atomic E-state index is 14.2. The molecule has 6 aromatic rings. The van der Waals surface area contributed by atoms with Crippen molar-refractivity contribution in [2.24, 2.45) is 10.1 Å². The highest BCUT2D eigenvalue weighted by Crippen LogP contribution is 2.66. The summed E-state index contributed by atoms with van der Waals surface area (Å²) in [6, 6.07) is 16.3. The monoisotopic (exact) mass is 1700 g/mol. The Morgan fingerprint density at radius 1 is 0.885 bits per heavy atom. The molecule has 0 aliphatic carbocycles. The van der Waals surface area contributed by atoms with Gasteiger partial charge in [-0.15, -0.1) is 0 Å². The summed E-state index contributed by atoms with van der Waals surface area (Å²) in [4.78, 5) is 108. The Balaban J connectivity index is 0.725. The van der Waals surface area contributed by atoms with Crippen LogP contribution < -0.4 is 41.7 Å². The molecule has 4 aliphatic rings. The molecule has 2 amide bonds. The predicted octanol–water partition coefficient (Wildman–Crippen LogP) is 7.99. The van der Waals surface area contributed by atoms with Crippen LogP contribution in [0, 0.1) is 11.8 Å². The highest BCUT2D eigenvalue weighted by molar-refractivity contribution is 8.77. The number of aromatic carboxylic acids is 1. The van der Waals surface area contributed by atoms with E-state index in [1.54, 1.807) is 74.9 Å². The number of anilines is 2. The Labute approximate surface area is 653 Å². The second-order valence-electron chi connectivity index (χ2n) is 27.8. The molecule has 6 heterocycles. The third kappa shape index (κ3) is 24.1. The van der Waals surface area contributed by atoms with Gasteiger partial charge in [0.2, 0.25) is 5.91 Å². The average Bonchev–Trinajstić information content (AvgIpc) is 1.41. The van der Waals surface area contributed by atoms with Gasteiger partial charge in [0, 0.05) is 91.7 Å². The topological polar surface area (TPSA) is 566 Å². The van der Waals surface area contributed by atoms with Gasteiger partial charge in [-0.05, 0) is 98.8 Å². The molecule has 0 spiro atoms. The first kappa shape index (κ1) is 87.0. The highest BCUT2D eigenvalue weighted by atomic mass is 33.1. The van der Waals surface area contributed by atoms with Gasteiger partial charge in [0.1, 0.15) is 78.0 Å². The number of phosphoric acid groups is 3. The van der Waals surface area contributed by atoms with E-state index < -0.39 is 128 Å². The van der Waals surface area contributed by atoms with Gasteiger partial charge >= 0.3 is 29.4 Å². The van der Waals surface area contributed by atoms with Gasteiger partial charge in [0.25, 0.3) is 26.1 Å². The van der Waals surface area contributed by atoms with E-state index in [2.05, 4.69) is 56.4 Å². The number of carboxylic acids is 1. The maximum Gasteiger partial charge on any atom is 0.490 e. The molecule has 45 heteroatoms. The number of carbonyl (C=O) groups excluding carboxylic acids is 3. The lowest BCUT2D eigenvalue weighted by atomic mass is 9.83. The number of nitrogen functional groups attached to an aromatic ring is 1. The summed E-state index contributed by atoms with van der Waals surface area (Å²) in [6.45, 7) is 10.9. The Bertz CT molecular complexity index is 5480. The summed E-state index contributed by atoms with van der Waals surface area (Å²) >= 11 is 0. The summed E-state index contributed by atoms with van der Waals surface area (Å²) < 4.78 is 156. The number of nitrogens with one attached hydrogen (secondary N) is 3. The van der Waals surface area contributed by atoms with Crippen molar-refractivity contribution in [3.05, 3.63) is 157 Å². The second-order valence-corrected chi connectivity index (χ2v) is 38.2. The molecule has 4 aromatic carbocycles. The van der Waals surface area contributed by atoms with Crippen LogP contribution in [0.1, 0.15) is 133 Å². The van der Waals surface area contributed by atoms with Crippen LogP contribution in [0.25, 0.3) is 38.2 Å². The van der Waals surface area contributed by atoms with Crippen molar-refractivity contribution in [1.29, 1.82) is 0 Å². The molecule has 38 nitrogen and oxygen atoms in total. The van der Waals surface area contributed by atoms with E-state index in [1.807, 2.05) is 20.8 Å². The zero-order valence-corrected chi connectivity index (χ0v) is 67.1. The number of amides is 2. The molecule has 0 radical (unpaired) electrons. The van der Waals surface area contributed by atoms with E-state index in [1.165, 1.54) is 70.4 Å². The largest absolute Gasteiger partial charge is 0.491 e. The quantitative estimate of drug-likeness (QED) is 0.00171. The van der Waals surface area contributed by atoms with Crippen LogP contribution in [0.5, 0.6) is 17.2 Å². The van der Waals surface area contributed by atoms with Gasteiger partial charge in [-0.2, -0.15) is 25.5 Å². The summed E-state index contributed by atoms with van der Waals surface area (Å²) in [5.74, 6) is 1.82. The van der Waals surface area contributed by atoms with Gasteiger partial charge in [-0.25, -0.2) is 28.5 Å².